The lowest BCUT2D eigenvalue weighted by Gasteiger charge is -2.43. The zero-order valence-electron chi connectivity index (χ0n) is 16.9. The van der Waals surface area contributed by atoms with Gasteiger partial charge in [0.15, 0.2) is 17.3 Å². The fourth-order valence-electron chi connectivity index (χ4n) is 4.47. The minimum absolute atomic E-state index is 0.0273. The van der Waals surface area contributed by atoms with Crippen molar-refractivity contribution in [2.45, 2.75) is 44.1 Å². The maximum absolute atomic E-state index is 14.0. The Morgan fingerprint density at radius 1 is 1.10 bits per heavy atom. The molecule has 0 bridgehead atoms. The van der Waals surface area contributed by atoms with E-state index in [0.717, 1.165) is 12.1 Å². The third-order valence-electron chi connectivity index (χ3n) is 6.15. The lowest BCUT2D eigenvalue weighted by atomic mass is 9.88. The first-order chi connectivity index (χ1) is 14.7. The number of likely N-dealkylation sites (tertiary alicyclic amines) is 2. The summed E-state index contributed by atoms with van der Waals surface area (Å²) >= 11 is 0. The Bertz CT molecular complexity index is 839. The smallest absolute Gasteiger partial charge is 0.416 e. The summed E-state index contributed by atoms with van der Waals surface area (Å²) in [6.07, 6.45) is -2.93. The summed E-state index contributed by atoms with van der Waals surface area (Å²) in [6.45, 7) is 2.03. The number of benzene rings is 1. The van der Waals surface area contributed by atoms with Crippen LogP contribution in [0.15, 0.2) is 18.2 Å². The number of Topliss-reactive ketones (excluding diaryl/α,β-unsaturated/α-hetero) is 1. The van der Waals surface area contributed by atoms with Gasteiger partial charge in [-0.15, -0.1) is 0 Å². The molecule has 3 aliphatic heterocycles. The number of hydrogen-bond donors (Lipinski definition) is 0. The zero-order valence-corrected chi connectivity index (χ0v) is 16.9. The van der Waals surface area contributed by atoms with E-state index in [1.54, 1.807) is 9.80 Å². The number of nitrogens with zero attached hydrogens (tertiary/aromatic N) is 2. The summed E-state index contributed by atoms with van der Waals surface area (Å²) in [7, 11) is 0. The van der Waals surface area contributed by atoms with Crippen LogP contribution in [0.2, 0.25) is 0 Å². The molecule has 0 spiro atoms. The van der Waals surface area contributed by atoms with Crippen LogP contribution in [0.1, 0.15) is 31.2 Å². The third kappa shape index (κ3) is 4.94. The molecular formula is C21H24F4N2O4. The second kappa shape index (κ2) is 8.64. The predicted octanol–water partition coefficient (Wildman–Crippen LogP) is 3.49. The van der Waals surface area contributed by atoms with Crippen LogP contribution < -0.4 is 4.74 Å². The lowest BCUT2D eigenvalue weighted by Crippen LogP contribution is -2.55. The molecule has 0 unspecified atom stereocenters. The van der Waals surface area contributed by atoms with E-state index < -0.39 is 17.6 Å². The molecule has 3 aliphatic rings. The number of halogens is 4. The van der Waals surface area contributed by atoms with Crippen LogP contribution in [0, 0.1) is 11.7 Å². The second-order valence-corrected chi connectivity index (χ2v) is 8.32. The summed E-state index contributed by atoms with van der Waals surface area (Å²) in [4.78, 5) is 28.0. The fourth-order valence-corrected chi connectivity index (χ4v) is 4.47. The first-order valence-corrected chi connectivity index (χ1v) is 10.4. The van der Waals surface area contributed by atoms with Crippen molar-refractivity contribution in [3.63, 3.8) is 0 Å². The van der Waals surface area contributed by atoms with E-state index in [1.165, 1.54) is 0 Å². The average molecular weight is 444 g/mol. The van der Waals surface area contributed by atoms with E-state index in [2.05, 4.69) is 0 Å². The van der Waals surface area contributed by atoms with Crippen molar-refractivity contribution in [3.05, 3.63) is 29.6 Å². The number of urea groups is 1. The zero-order chi connectivity index (χ0) is 22.2. The topological polar surface area (TPSA) is 59.1 Å². The molecule has 0 saturated carbocycles. The van der Waals surface area contributed by atoms with E-state index in [1.807, 2.05) is 0 Å². The molecule has 170 valence electrons. The number of carbonyl (C=O) groups excluding carboxylic acids is 2. The van der Waals surface area contributed by atoms with Gasteiger partial charge in [-0.1, -0.05) is 0 Å². The third-order valence-corrected chi connectivity index (χ3v) is 6.15. The van der Waals surface area contributed by atoms with Gasteiger partial charge in [0.1, 0.15) is 12.7 Å². The van der Waals surface area contributed by atoms with Gasteiger partial charge in [0, 0.05) is 51.4 Å². The highest BCUT2D eigenvalue weighted by Crippen LogP contribution is 2.33. The predicted molar refractivity (Wildman–Crippen MR) is 101 cm³/mol. The van der Waals surface area contributed by atoms with E-state index in [-0.39, 0.29) is 42.3 Å². The Hall–Kier alpha value is -2.36. The average Bonchev–Trinajstić information content (AvgIpc) is 2.74. The molecule has 2 atom stereocenters. The molecule has 1 aromatic carbocycles. The Morgan fingerprint density at radius 3 is 2.48 bits per heavy atom. The SMILES string of the molecule is O=C1CO[C@H]2CCN(C(=O)N3CCC(Oc4ccc(C(F)(F)F)cc4F)CC3)C[C@H]2C1. The monoisotopic (exact) mass is 444 g/mol. The van der Waals surface area contributed by atoms with Crippen LogP contribution in [0.3, 0.4) is 0 Å². The summed E-state index contributed by atoms with van der Waals surface area (Å²) in [5.41, 5.74) is -1.06. The maximum atomic E-state index is 14.0. The molecule has 3 saturated heterocycles. The Balaban J connectivity index is 1.29. The summed E-state index contributed by atoms with van der Waals surface area (Å²) < 4.78 is 63.1. The van der Waals surface area contributed by atoms with Gasteiger partial charge in [-0.3, -0.25) is 4.79 Å². The van der Waals surface area contributed by atoms with Gasteiger partial charge < -0.3 is 19.3 Å². The summed E-state index contributed by atoms with van der Waals surface area (Å²) in [5.74, 6) is -1.19. The normalized spacial score (nSPS) is 25.4. The van der Waals surface area contributed by atoms with E-state index in [0.29, 0.717) is 57.9 Å². The fraction of sp³-hybridized carbons (Fsp3) is 0.619. The van der Waals surface area contributed by atoms with Gasteiger partial charge in [-0.05, 0) is 24.6 Å². The highest BCUT2D eigenvalue weighted by atomic mass is 19.4. The Labute approximate surface area is 177 Å². The number of hydrogen-bond acceptors (Lipinski definition) is 4. The Kier molecular flexibility index (Phi) is 6.09. The number of rotatable bonds is 2. The molecule has 0 radical (unpaired) electrons. The minimum Gasteiger partial charge on any atom is -0.487 e. The van der Waals surface area contributed by atoms with E-state index in [9.17, 15) is 27.2 Å². The molecule has 3 heterocycles. The molecule has 2 amide bonds. The number of amides is 2. The quantitative estimate of drug-likeness (QED) is 0.656. The Morgan fingerprint density at radius 2 is 1.81 bits per heavy atom. The van der Waals surface area contributed by atoms with E-state index in [4.69, 9.17) is 9.47 Å². The largest absolute Gasteiger partial charge is 0.487 e. The van der Waals surface area contributed by atoms with Crippen LogP contribution in [0.5, 0.6) is 5.75 Å². The summed E-state index contributed by atoms with van der Waals surface area (Å²) in [6, 6.07) is 2.11. The molecule has 10 heteroatoms. The molecule has 6 nitrogen and oxygen atoms in total. The lowest BCUT2D eigenvalue weighted by molar-refractivity contribution is -0.140. The number of ether oxygens (including phenoxy) is 2. The van der Waals surface area contributed by atoms with Crippen molar-refractivity contribution < 1.29 is 36.6 Å². The van der Waals surface area contributed by atoms with Crippen LogP contribution in [0.25, 0.3) is 0 Å². The number of alkyl halides is 3. The molecule has 3 fully saturated rings. The number of carbonyl (C=O) groups is 2. The molecule has 0 N–H and O–H groups in total. The maximum Gasteiger partial charge on any atom is 0.416 e. The first-order valence-electron chi connectivity index (χ1n) is 10.4. The molecular weight excluding hydrogens is 420 g/mol. The highest BCUT2D eigenvalue weighted by Gasteiger charge is 2.38. The highest BCUT2D eigenvalue weighted by molar-refractivity contribution is 5.81. The van der Waals surface area contributed by atoms with Gasteiger partial charge in [-0.2, -0.15) is 13.2 Å². The van der Waals surface area contributed by atoms with Crippen LogP contribution in [-0.2, 0) is 15.7 Å². The van der Waals surface area contributed by atoms with Crippen molar-refractivity contribution in [2.24, 2.45) is 5.92 Å². The van der Waals surface area contributed by atoms with Crippen LogP contribution in [-0.4, -0.2) is 66.6 Å². The second-order valence-electron chi connectivity index (χ2n) is 8.32. The van der Waals surface area contributed by atoms with Crippen molar-refractivity contribution in [3.8, 4) is 5.75 Å². The van der Waals surface area contributed by atoms with Gasteiger partial charge in [-0.25, -0.2) is 9.18 Å². The molecule has 1 aromatic rings. The number of ketones is 1. The summed E-state index contributed by atoms with van der Waals surface area (Å²) in [5, 5.41) is 0. The van der Waals surface area contributed by atoms with E-state index >= 15 is 0 Å². The van der Waals surface area contributed by atoms with Crippen molar-refractivity contribution in [1.82, 2.24) is 9.80 Å². The molecule has 0 aromatic heterocycles. The van der Waals surface area contributed by atoms with Crippen molar-refractivity contribution in [1.29, 1.82) is 0 Å². The number of fused-ring (bicyclic) bond motifs is 1. The van der Waals surface area contributed by atoms with Crippen LogP contribution in [0.4, 0.5) is 22.4 Å². The standard InChI is InChI=1S/C21H24F4N2O4/c22-17-10-14(21(23,24)25)1-2-19(17)31-16-3-6-26(7-4-16)20(29)27-8-5-18-13(11-27)9-15(28)12-30-18/h1-2,10,13,16,18H,3-9,11-12H2/t13-,18+/m1/s1. The van der Waals surface area contributed by atoms with Gasteiger partial charge in [0.2, 0.25) is 0 Å². The number of piperidine rings is 2. The molecule has 31 heavy (non-hydrogen) atoms. The first kappa shape index (κ1) is 21.9. The van der Waals surface area contributed by atoms with Crippen molar-refractivity contribution in [2.75, 3.05) is 32.8 Å². The molecule has 4 rings (SSSR count). The van der Waals surface area contributed by atoms with Crippen molar-refractivity contribution >= 4 is 11.8 Å². The molecule has 0 aliphatic carbocycles. The van der Waals surface area contributed by atoms with Gasteiger partial charge in [0.05, 0.1) is 11.7 Å². The van der Waals surface area contributed by atoms with Crippen LogP contribution >= 0.6 is 0 Å². The minimum atomic E-state index is -4.61. The van der Waals surface area contributed by atoms with Gasteiger partial charge in [0.25, 0.3) is 0 Å². The van der Waals surface area contributed by atoms with Gasteiger partial charge >= 0.3 is 12.2 Å².